The minimum Gasteiger partial charge on any atom is -0.369 e. The van der Waals surface area contributed by atoms with Crippen molar-refractivity contribution in [2.75, 3.05) is 42.9 Å². The molecule has 12 heteroatoms. The summed E-state index contributed by atoms with van der Waals surface area (Å²) >= 11 is 1.44. The van der Waals surface area contributed by atoms with E-state index in [0.29, 0.717) is 37.1 Å². The molecule has 178 valence electrons. The topological polar surface area (TPSA) is 85.9 Å². The number of H-pyrrole nitrogens is 1. The molecule has 1 saturated heterocycles. The van der Waals surface area contributed by atoms with Gasteiger partial charge in [-0.25, -0.2) is 15.0 Å². The van der Waals surface area contributed by atoms with E-state index in [1.165, 1.54) is 11.3 Å². The van der Waals surface area contributed by atoms with Crippen LogP contribution in [0.1, 0.15) is 12.1 Å². The fraction of sp³-hybridized carbons (Fsp3) is 0.364. The number of thiazole rings is 1. The summed E-state index contributed by atoms with van der Waals surface area (Å²) in [6.45, 7) is 4.54. The number of hydrogen-bond donors (Lipinski definition) is 2. The number of aryl methyl sites for hydroxylation is 1. The summed E-state index contributed by atoms with van der Waals surface area (Å²) in [6, 6.07) is 7.71. The smallest absolute Gasteiger partial charge is 0.369 e. The average molecular weight is 489 g/mol. The van der Waals surface area contributed by atoms with Gasteiger partial charge in [0, 0.05) is 61.9 Å². The van der Waals surface area contributed by atoms with Crippen LogP contribution in [0, 0.1) is 6.92 Å². The number of aromatic nitrogens is 5. The lowest BCUT2D eigenvalue weighted by Crippen LogP contribution is -2.47. The number of alkyl halides is 3. The van der Waals surface area contributed by atoms with Crippen molar-refractivity contribution >= 4 is 38.3 Å². The largest absolute Gasteiger partial charge is 0.390 e. The van der Waals surface area contributed by atoms with E-state index in [-0.39, 0.29) is 6.54 Å². The minimum atomic E-state index is -4.11. The van der Waals surface area contributed by atoms with E-state index in [2.05, 4.69) is 30.4 Å². The summed E-state index contributed by atoms with van der Waals surface area (Å²) in [6.07, 6.45) is -1.40. The summed E-state index contributed by atoms with van der Waals surface area (Å²) < 4.78 is 37.4. The number of rotatable bonds is 6. The Morgan fingerprint density at radius 1 is 1.12 bits per heavy atom. The van der Waals surface area contributed by atoms with Crippen LogP contribution >= 0.6 is 11.3 Å². The summed E-state index contributed by atoms with van der Waals surface area (Å²) in [5, 5.41) is 10.9. The van der Waals surface area contributed by atoms with Crippen LogP contribution in [0.2, 0.25) is 0 Å². The maximum atomic E-state index is 12.5. The van der Waals surface area contributed by atoms with Gasteiger partial charge >= 0.3 is 6.18 Å². The van der Waals surface area contributed by atoms with Crippen LogP contribution in [0.5, 0.6) is 0 Å². The molecule has 1 aliphatic heterocycles. The predicted molar refractivity (Wildman–Crippen MR) is 127 cm³/mol. The third-order valence-corrected chi connectivity index (χ3v) is 6.67. The van der Waals surface area contributed by atoms with Gasteiger partial charge in [-0.15, -0.1) is 0 Å². The highest BCUT2D eigenvalue weighted by molar-refractivity contribution is 7.21. The second kappa shape index (κ2) is 9.18. The van der Waals surface area contributed by atoms with Gasteiger partial charge in [0.25, 0.3) is 0 Å². The van der Waals surface area contributed by atoms with Crippen LogP contribution in [0.25, 0.3) is 21.6 Å². The van der Waals surface area contributed by atoms with Gasteiger partial charge in [0.05, 0.1) is 18.3 Å². The molecule has 0 atom stereocenters. The van der Waals surface area contributed by atoms with Gasteiger partial charge < -0.3 is 10.2 Å². The van der Waals surface area contributed by atoms with E-state index >= 15 is 0 Å². The van der Waals surface area contributed by atoms with Gasteiger partial charge in [-0.3, -0.25) is 10.00 Å². The quantitative estimate of drug-likeness (QED) is 0.410. The summed E-state index contributed by atoms with van der Waals surface area (Å²) in [7, 11) is 0. The molecule has 1 aliphatic rings. The number of halogens is 3. The summed E-state index contributed by atoms with van der Waals surface area (Å²) in [5.41, 5.74) is 4.52. The van der Waals surface area contributed by atoms with Crippen molar-refractivity contribution in [2.24, 2.45) is 0 Å². The van der Waals surface area contributed by atoms with Gasteiger partial charge in [-0.2, -0.15) is 18.3 Å². The molecule has 5 rings (SSSR count). The van der Waals surface area contributed by atoms with Crippen molar-refractivity contribution < 1.29 is 13.2 Å². The van der Waals surface area contributed by atoms with Gasteiger partial charge in [-0.1, -0.05) is 11.3 Å². The molecule has 4 aromatic heterocycles. The lowest BCUT2D eigenvalue weighted by Gasteiger charge is -2.36. The molecule has 0 saturated carbocycles. The predicted octanol–water partition coefficient (Wildman–Crippen LogP) is 4.60. The number of pyridine rings is 2. The molecular formula is C22H23F3N8S. The first-order valence-electron chi connectivity index (χ1n) is 10.9. The number of hydrogen-bond acceptors (Lipinski definition) is 8. The standard InChI is InChI=1S/C22H23F3N8S/c1-14-16(13-27-31-14)17-2-3-18-20(28-17)34-21(29-18)30-19-12-15(4-6-26-19)33-10-8-32(9-11-33)7-5-22(23,24)25/h2-4,6,12-13H,5,7-11H2,1H3,(H,27,31)(H,26,29,30). The number of piperazine rings is 1. The van der Waals surface area contributed by atoms with Crippen LogP contribution in [0.3, 0.4) is 0 Å². The van der Waals surface area contributed by atoms with Crippen molar-refractivity contribution in [1.29, 1.82) is 0 Å². The van der Waals surface area contributed by atoms with E-state index in [4.69, 9.17) is 4.98 Å². The first-order valence-corrected chi connectivity index (χ1v) is 11.7. The molecule has 8 nitrogen and oxygen atoms in total. The molecule has 34 heavy (non-hydrogen) atoms. The molecule has 5 heterocycles. The zero-order valence-corrected chi connectivity index (χ0v) is 19.2. The van der Waals surface area contributed by atoms with Crippen LogP contribution in [-0.4, -0.2) is 68.9 Å². The minimum absolute atomic E-state index is 0.0496. The normalized spacial score (nSPS) is 15.2. The average Bonchev–Trinajstić information content (AvgIpc) is 3.42. The third-order valence-electron chi connectivity index (χ3n) is 5.79. The Kier molecular flexibility index (Phi) is 6.09. The Balaban J connectivity index is 1.25. The Morgan fingerprint density at radius 2 is 1.94 bits per heavy atom. The number of aromatic amines is 1. The van der Waals surface area contributed by atoms with E-state index < -0.39 is 12.6 Å². The van der Waals surface area contributed by atoms with Crippen LogP contribution in [0.15, 0.2) is 36.7 Å². The monoisotopic (exact) mass is 488 g/mol. The van der Waals surface area contributed by atoms with Gasteiger partial charge in [0.15, 0.2) is 5.13 Å². The zero-order chi connectivity index (χ0) is 23.7. The molecule has 2 N–H and O–H groups in total. The SMILES string of the molecule is Cc1[nH]ncc1-c1ccc2nc(Nc3cc(N4CCN(CCC(F)(F)F)CC4)ccn3)sc2n1. The molecule has 0 aliphatic carbocycles. The molecule has 0 bridgehead atoms. The van der Waals surface area contributed by atoms with E-state index in [1.54, 1.807) is 12.4 Å². The molecule has 0 amide bonds. The molecular weight excluding hydrogens is 465 g/mol. The second-order valence-corrected chi connectivity index (χ2v) is 9.14. The Hall–Kier alpha value is -3.25. The maximum absolute atomic E-state index is 12.5. The molecule has 0 radical (unpaired) electrons. The Morgan fingerprint density at radius 3 is 2.68 bits per heavy atom. The van der Waals surface area contributed by atoms with E-state index in [0.717, 1.165) is 33.0 Å². The van der Waals surface area contributed by atoms with Crippen molar-refractivity contribution in [3.63, 3.8) is 0 Å². The maximum Gasteiger partial charge on any atom is 0.390 e. The lowest BCUT2D eigenvalue weighted by atomic mass is 10.2. The fourth-order valence-corrected chi connectivity index (χ4v) is 4.78. The second-order valence-electron chi connectivity index (χ2n) is 8.17. The molecule has 0 unspecified atom stereocenters. The van der Waals surface area contributed by atoms with Crippen LogP contribution < -0.4 is 10.2 Å². The number of nitrogens with one attached hydrogen (secondary N) is 2. The van der Waals surface area contributed by atoms with Crippen LogP contribution in [0.4, 0.5) is 29.8 Å². The Bertz CT molecular complexity index is 1280. The molecule has 1 fully saturated rings. The van der Waals surface area contributed by atoms with Crippen molar-refractivity contribution in [2.45, 2.75) is 19.5 Å². The highest BCUT2D eigenvalue weighted by Crippen LogP contribution is 2.30. The van der Waals surface area contributed by atoms with Gasteiger partial charge in [0.2, 0.25) is 0 Å². The first-order chi connectivity index (χ1) is 16.3. The van der Waals surface area contributed by atoms with Crippen molar-refractivity contribution in [3.05, 3.63) is 42.4 Å². The zero-order valence-electron chi connectivity index (χ0n) is 18.4. The van der Waals surface area contributed by atoms with E-state index in [9.17, 15) is 13.2 Å². The molecule has 4 aromatic rings. The Labute approximate surface area is 197 Å². The highest BCUT2D eigenvalue weighted by Gasteiger charge is 2.28. The van der Waals surface area contributed by atoms with Crippen molar-refractivity contribution in [1.82, 2.24) is 30.0 Å². The summed E-state index contributed by atoms with van der Waals surface area (Å²) in [4.78, 5) is 18.6. The third kappa shape index (κ3) is 5.12. The fourth-order valence-electron chi connectivity index (χ4n) is 3.94. The van der Waals surface area contributed by atoms with Crippen molar-refractivity contribution in [3.8, 4) is 11.3 Å². The molecule has 0 aromatic carbocycles. The van der Waals surface area contributed by atoms with Gasteiger partial charge in [0.1, 0.15) is 16.2 Å². The lowest BCUT2D eigenvalue weighted by molar-refractivity contribution is -0.138. The summed E-state index contributed by atoms with van der Waals surface area (Å²) in [5.74, 6) is 0.655. The number of anilines is 3. The van der Waals surface area contributed by atoms with Gasteiger partial charge in [-0.05, 0) is 25.1 Å². The first kappa shape index (κ1) is 22.5. The highest BCUT2D eigenvalue weighted by atomic mass is 32.1. The number of nitrogens with zero attached hydrogens (tertiary/aromatic N) is 6. The number of fused-ring (bicyclic) bond motifs is 1. The molecule has 0 spiro atoms. The van der Waals surface area contributed by atoms with Crippen LogP contribution in [-0.2, 0) is 0 Å². The van der Waals surface area contributed by atoms with E-state index in [1.807, 2.05) is 36.1 Å².